The predicted molar refractivity (Wildman–Crippen MR) is 86.5 cm³/mol. The molecule has 0 aliphatic carbocycles. The van der Waals surface area contributed by atoms with E-state index in [0.717, 1.165) is 22.8 Å². The Hall–Kier alpha value is -0.870. The molecule has 0 fully saturated rings. The average Bonchev–Trinajstić information content (AvgIpc) is 2.43. The van der Waals surface area contributed by atoms with Gasteiger partial charge in [-0.3, -0.25) is 4.79 Å². The molecule has 0 amide bonds. The molecule has 0 radical (unpaired) electrons. The Morgan fingerprint density at radius 1 is 1.26 bits per heavy atom. The van der Waals surface area contributed by atoms with Crippen LogP contribution < -0.4 is 0 Å². The summed E-state index contributed by atoms with van der Waals surface area (Å²) >= 11 is 3.41. The van der Waals surface area contributed by atoms with Crippen LogP contribution in [0.5, 0.6) is 0 Å². The fourth-order valence-electron chi connectivity index (χ4n) is 1.42. The Kier molecular flexibility index (Phi) is 8.50. The molecule has 1 aromatic rings. The van der Waals surface area contributed by atoms with E-state index in [9.17, 15) is 4.79 Å². The van der Waals surface area contributed by atoms with Gasteiger partial charge in [0.25, 0.3) is 0 Å². The topological polar surface area (TPSA) is 26.3 Å². The molecule has 1 rings (SSSR count). The smallest absolute Gasteiger partial charge is 0.315 e. The number of benzene rings is 1. The van der Waals surface area contributed by atoms with Gasteiger partial charge in [-0.05, 0) is 30.4 Å². The highest BCUT2D eigenvalue weighted by Gasteiger charge is 2.02. The van der Waals surface area contributed by atoms with Crippen molar-refractivity contribution < 1.29 is 9.53 Å². The lowest BCUT2D eigenvalue weighted by molar-refractivity contribution is -0.139. The Bertz CT molecular complexity index is 390. The second kappa shape index (κ2) is 9.98. The van der Waals surface area contributed by atoms with Crippen LogP contribution in [0.25, 0.3) is 4.91 Å². The van der Waals surface area contributed by atoms with E-state index in [1.807, 2.05) is 25.1 Å². The van der Waals surface area contributed by atoms with E-state index in [-0.39, 0.29) is 5.97 Å². The lowest BCUT2D eigenvalue weighted by atomic mass is 10.2. The maximum absolute atomic E-state index is 11.1. The summed E-state index contributed by atoms with van der Waals surface area (Å²) in [5.41, 5.74) is 1.19. The summed E-state index contributed by atoms with van der Waals surface area (Å²) in [7, 11) is 0. The minimum absolute atomic E-state index is 0.117. The molecule has 0 atom stereocenters. The molecule has 0 N–H and O–H groups in total. The monoisotopic (exact) mass is 296 g/mol. The van der Waals surface area contributed by atoms with Crippen LogP contribution in [0.4, 0.5) is 0 Å². The van der Waals surface area contributed by atoms with Crippen LogP contribution in [0.3, 0.4) is 0 Å². The van der Waals surface area contributed by atoms with E-state index >= 15 is 0 Å². The lowest BCUT2D eigenvalue weighted by Crippen LogP contribution is -2.07. The molecule has 0 saturated heterocycles. The second-order valence-electron chi connectivity index (χ2n) is 3.85. The van der Waals surface area contributed by atoms with Crippen molar-refractivity contribution in [2.45, 2.75) is 13.3 Å². The Labute approximate surface area is 124 Å². The van der Waals surface area contributed by atoms with E-state index in [1.54, 1.807) is 23.5 Å². The number of rotatable bonds is 9. The third kappa shape index (κ3) is 7.33. The highest BCUT2D eigenvalue weighted by molar-refractivity contribution is 8.08. The second-order valence-corrected chi connectivity index (χ2v) is 6.14. The molecule has 1 aromatic carbocycles. The van der Waals surface area contributed by atoms with Gasteiger partial charge in [0, 0.05) is 4.91 Å². The van der Waals surface area contributed by atoms with Gasteiger partial charge in [0.05, 0.1) is 12.4 Å². The summed E-state index contributed by atoms with van der Waals surface area (Å²) in [6, 6.07) is 10.2. The summed E-state index contributed by atoms with van der Waals surface area (Å²) < 4.78 is 4.87. The highest BCUT2D eigenvalue weighted by Crippen LogP contribution is 2.25. The van der Waals surface area contributed by atoms with Gasteiger partial charge in [0.2, 0.25) is 0 Å². The number of carbonyl (C=O) groups is 1. The van der Waals surface area contributed by atoms with Gasteiger partial charge in [-0.25, -0.2) is 0 Å². The average molecular weight is 296 g/mol. The Morgan fingerprint density at radius 2 is 2.00 bits per heavy atom. The van der Waals surface area contributed by atoms with Crippen molar-refractivity contribution >= 4 is 34.4 Å². The van der Waals surface area contributed by atoms with Crippen LogP contribution >= 0.6 is 23.5 Å². The first kappa shape index (κ1) is 16.2. The third-order valence-corrected chi connectivity index (χ3v) is 4.42. The maximum Gasteiger partial charge on any atom is 0.315 e. The first-order valence-electron chi connectivity index (χ1n) is 6.34. The van der Waals surface area contributed by atoms with Crippen LogP contribution in [0.1, 0.15) is 18.9 Å². The zero-order valence-electron chi connectivity index (χ0n) is 11.3. The zero-order chi connectivity index (χ0) is 13.9. The molecule has 0 heterocycles. The SMILES string of the molecule is C=C(SCCCSCC(=O)OCC)c1ccccc1. The van der Waals surface area contributed by atoms with Gasteiger partial charge in [0.15, 0.2) is 0 Å². The van der Waals surface area contributed by atoms with E-state index in [0.29, 0.717) is 12.4 Å². The van der Waals surface area contributed by atoms with E-state index < -0.39 is 0 Å². The molecule has 0 unspecified atom stereocenters. The molecular formula is C15H20O2S2. The number of hydrogen-bond donors (Lipinski definition) is 0. The van der Waals surface area contributed by atoms with E-state index in [2.05, 4.69) is 18.7 Å². The van der Waals surface area contributed by atoms with Crippen LogP contribution in [0.2, 0.25) is 0 Å². The lowest BCUT2D eigenvalue weighted by Gasteiger charge is -2.05. The summed E-state index contributed by atoms with van der Waals surface area (Å²) in [5.74, 6) is 2.35. The van der Waals surface area contributed by atoms with E-state index in [1.165, 1.54) is 5.56 Å². The molecule has 0 aliphatic heterocycles. The predicted octanol–water partition coefficient (Wildman–Crippen LogP) is 4.08. The number of carbonyl (C=O) groups excluding carboxylic acids is 1. The van der Waals surface area contributed by atoms with Crippen molar-refractivity contribution in [2.75, 3.05) is 23.9 Å². The maximum atomic E-state index is 11.1. The third-order valence-electron chi connectivity index (χ3n) is 2.33. The molecule has 0 bridgehead atoms. The molecule has 0 spiro atoms. The van der Waals surface area contributed by atoms with Gasteiger partial charge < -0.3 is 4.74 Å². The van der Waals surface area contributed by atoms with Gasteiger partial charge in [0.1, 0.15) is 0 Å². The first-order valence-corrected chi connectivity index (χ1v) is 8.48. The van der Waals surface area contributed by atoms with E-state index in [4.69, 9.17) is 4.74 Å². The van der Waals surface area contributed by atoms with Crippen molar-refractivity contribution in [3.63, 3.8) is 0 Å². The van der Waals surface area contributed by atoms with Crippen LogP contribution in [-0.2, 0) is 9.53 Å². The standard InChI is InChI=1S/C15H20O2S2/c1-3-17-15(16)12-18-10-7-11-19-13(2)14-8-5-4-6-9-14/h4-6,8-9H,2-3,7,10-12H2,1H3. The molecule has 104 valence electrons. The number of ether oxygens (including phenoxy) is 1. The van der Waals surface area contributed by atoms with Crippen LogP contribution in [0, 0.1) is 0 Å². The molecule has 0 aliphatic rings. The summed E-state index contributed by atoms with van der Waals surface area (Å²) in [4.78, 5) is 12.2. The molecule has 4 heteroatoms. The van der Waals surface area contributed by atoms with Gasteiger partial charge in [-0.2, -0.15) is 11.8 Å². The molecular weight excluding hydrogens is 276 g/mol. The summed E-state index contributed by atoms with van der Waals surface area (Å²) in [6.07, 6.45) is 1.07. The first-order chi connectivity index (χ1) is 9.24. The van der Waals surface area contributed by atoms with Crippen molar-refractivity contribution in [2.24, 2.45) is 0 Å². The quantitative estimate of drug-likeness (QED) is 0.507. The molecule has 0 aromatic heterocycles. The van der Waals surface area contributed by atoms with Crippen molar-refractivity contribution in [1.29, 1.82) is 0 Å². The normalized spacial score (nSPS) is 10.2. The van der Waals surface area contributed by atoms with Crippen molar-refractivity contribution in [1.82, 2.24) is 0 Å². The van der Waals surface area contributed by atoms with Crippen molar-refractivity contribution in [3.05, 3.63) is 42.5 Å². The minimum Gasteiger partial charge on any atom is -0.465 e. The number of thioether (sulfide) groups is 2. The summed E-state index contributed by atoms with van der Waals surface area (Å²) in [6.45, 7) is 6.37. The molecule has 2 nitrogen and oxygen atoms in total. The zero-order valence-corrected chi connectivity index (χ0v) is 12.9. The number of hydrogen-bond acceptors (Lipinski definition) is 4. The largest absolute Gasteiger partial charge is 0.465 e. The fourth-order valence-corrected chi connectivity index (χ4v) is 3.19. The highest BCUT2D eigenvalue weighted by atomic mass is 32.2. The summed E-state index contributed by atoms with van der Waals surface area (Å²) in [5, 5.41) is 0. The minimum atomic E-state index is -0.117. The van der Waals surface area contributed by atoms with Crippen molar-refractivity contribution in [3.8, 4) is 0 Å². The van der Waals surface area contributed by atoms with Gasteiger partial charge in [-0.15, -0.1) is 11.8 Å². The molecule has 0 saturated carbocycles. The fraction of sp³-hybridized carbons (Fsp3) is 0.400. The van der Waals surface area contributed by atoms with Gasteiger partial charge >= 0.3 is 5.97 Å². The van der Waals surface area contributed by atoms with Gasteiger partial charge in [-0.1, -0.05) is 36.9 Å². The Morgan fingerprint density at radius 3 is 2.68 bits per heavy atom. The van der Waals surface area contributed by atoms with Crippen LogP contribution in [-0.4, -0.2) is 29.8 Å². The molecule has 19 heavy (non-hydrogen) atoms. The van der Waals surface area contributed by atoms with Crippen LogP contribution in [0.15, 0.2) is 36.9 Å². The Balaban J connectivity index is 2.05. The number of esters is 1.